The zero-order valence-corrected chi connectivity index (χ0v) is 14.1. The standard InChI is InChI=1S/C17H31N3O2/c1-3-16(18)14-7-11-19(12-8-14)15-6-5-10-20(13-9-15)17(21)22-4-2/h14-15,18H,3-13H2,1-2H3/t15-/m0/s1. The number of nitrogens with zero attached hydrogens (tertiary/aromatic N) is 2. The minimum atomic E-state index is -0.154. The zero-order valence-electron chi connectivity index (χ0n) is 14.1. The van der Waals surface area contributed by atoms with Gasteiger partial charge in [-0.1, -0.05) is 6.92 Å². The van der Waals surface area contributed by atoms with Gasteiger partial charge in [0.1, 0.15) is 0 Å². The average Bonchev–Trinajstić information content (AvgIpc) is 2.80. The van der Waals surface area contributed by atoms with Crippen LogP contribution in [0.15, 0.2) is 0 Å². The number of hydrogen-bond donors (Lipinski definition) is 1. The van der Waals surface area contributed by atoms with Gasteiger partial charge in [0.05, 0.1) is 6.61 Å². The molecule has 2 aliphatic rings. The first-order valence-corrected chi connectivity index (χ1v) is 8.88. The van der Waals surface area contributed by atoms with Gasteiger partial charge in [-0.15, -0.1) is 0 Å². The maximum atomic E-state index is 11.9. The molecule has 0 aliphatic carbocycles. The van der Waals surface area contributed by atoms with E-state index >= 15 is 0 Å². The fraction of sp³-hybridized carbons (Fsp3) is 0.882. The third-order valence-electron chi connectivity index (χ3n) is 5.14. The van der Waals surface area contributed by atoms with E-state index in [1.54, 1.807) is 0 Å². The van der Waals surface area contributed by atoms with Crippen LogP contribution in [0.2, 0.25) is 0 Å². The highest BCUT2D eigenvalue weighted by atomic mass is 16.6. The van der Waals surface area contributed by atoms with Crippen LogP contribution in [0.4, 0.5) is 4.79 Å². The van der Waals surface area contributed by atoms with Crippen molar-refractivity contribution < 1.29 is 9.53 Å². The van der Waals surface area contributed by atoms with Crippen molar-refractivity contribution in [2.24, 2.45) is 5.92 Å². The van der Waals surface area contributed by atoms with E-state index in [9.17, 15) is 4.79 Å². The smallest absolute Gasteiger partial charge is 0.409 e. The summed E-state index contributed by atoms with van der Waals surface area (Å²) in [5, 5.41) is 8.01. The van der Waals surface area contributed by atoms with Crippen molar-refractivity contribution in [3.05, 3.63) is 0 Å². The number of hydrogen-bond acceptors (Lipinski definition) is 4. The summed E-state index contributed by atoms with van der Waals surface area (Å²) in [6.45, 7) is 8.25. The summed E-state index contributed by atoms with van der Waals surface area (Å²) in [5.41, 5.74) is 0.925. The minimum absolute atomic E-state index is 0.154. The maximum absolute atomic E-state index is 11.9. The number of rotatable bonds is 4. The molecule has 5 nitrogen and oxygen atoms in total. The van der Waals surface area contributed by atoms with E-state index in [2.05, 4.69) is 11.8 Å². The summed E-state index contributed by atoms with van der Waals surface area (Å²) in [7, 11) is 0. The van der Waals surface area contributed by atoms with Crippen LogP contribution in [-0.4, -0.2) is 60.4 Å². The van der Waals surface area contributed by atoms with Crippen molar-refractivity contribution in [2.45, 2.75) is 58.4 Å². The third-order valence-corrected chi connectivity index (χ3v) is 5.14. The number of carbonyl (C=O) groups is 1. The highest BCUT2D eigenvalue weighted by Gasteiger charge is 2.29. The highest BCUT2D eigenvalue weighted by Crippen LogP contribution is 2.25. The van der Waals surface area contributed by atoms with Crippen LogP contribution in [0, 0.1) is 11.3 Å². The van der Waals surface area contributed by atoms with Crippen molar-refractivity contribution >= 4 is 11.8 Å². The molecule has 2 heterocycles. The van der Waals surface area contributed by atoms with Gasteiger partial charge >= 0.3 is 6.09 Å². The van der Waals surface area contributed by atoms with Gasteiger partial charge in [-0.3, -0.25) is 0 Å². The molecule has 0 aromatic carbocycles. The number of nitrogens with one attached hydrogen (secondary N) is 1. The Balaban J connectivity index is 1.80. The lowest BCUT2D eigenvalue weighted by atomic mass is 9.89. The first-order valence-electron chi connectivity index (χ1n) is 8.88. The van der Waals surface area contributed by atoms with Crippen molar-refractivity contribution in [3.8, 4) is 0 Å². The summed E-state index contributed by atoms with van der Waals surface area (Å²) in [4.78, 5) is 16.3. The van der Waals surface area contributed by atoms with Crippen LogP contribution >= 0.6 is 0 Å². The quantitative estimate of drug-likeness (QED) is 0.812. The third kappa shape index (κ3) is 4.45. The molecule has 1 N–H and O–H groups in total. The normalized spacial score (nSPS) is 24.8. The number of piperidine rings is 1. The van der Waals surface area contributed by atoms with Gasteiger partial charge in [-0.05, 0) is 64.5 Å². The SMILES string of the molecule is CCOC(=O)N1CCC[C@H](N2CCC(C(=N)CC)CC2)CC1. The fourth-order valence-electron chi connectivity index (χ4n) is 3.74. The first kappa shape index (κ1) is 17.3. The van der Waals surface area contributed by atoms with Crippen LogP contribution in [0.1, 0.15) is 52.4 Å². The van der Waals surface area contributed by atoms with Gasteiger partial charge in [0.2, 0.25) is 0 Å². The molecule has 1 amide bonds. The molecule has 0 radical (unpaired) electrons. The summed E-state index contributed by atoms with van der Waals surface area (Å²) < 4.78 is 5.12. The van der Waals surface area contributed by atoms with Crippen molar-refractivity contribution in [2.75, 3.05) is 32.8 Å². The molecule has 0 spiro atoms. The largest absolute Gasteiger partial charge is 0.450 e. The molecular weight excluding hydrogens is 278 g/mol. The van der Waals surface area contributed by atoms with Gasteiger partial charge in [0.25, 0.3) is 0 Å². The predicted octanol–water partition coefficient (Wildman–Crippen LogP) is 3.14. The van der Waals surface area contributed by atoms with E-state index in [1.165, 1.54) is 6.42 Å². The molecule has 0 aromatic rings. The summed E-state index contributed by atoms with van der Waals surface area (Å²) in [6.07, 6.45) is 6.28. The Hall–Kier alpha value is -1.10. The summed E-state index contributed by atoms with van der Waals surface area (Å²) >= 11 is 0. The van der Waals surface area contributed by atoms with E-state index in [-0.39, 0.29) is 6.09 Å². The molecule has 2 saturated heterocycles. The lowest BCUT2D eigenvalue weighted by Gasteiger charge is -2.37. The van der Waals surface area contributed by atoms with E-state index in [4.69, 9.17) is 10.1 Å². The molecule has 2 aliphatic heterocycles. The number of likely N-dealkylation sites (tertiary alicyclic amines) is 2. The molecule has 1 atom stereocenters. The van der Waals surface area contributed by atoms with Gasteiger partial charge in [0.15, 0.2) is 0 Å². The van der Waals surface area contributed by atoms with E-state index < -0.39 is 0 Å². The van der Waals surface area contributed by atoms with Crippen molar-refractivity contribution in [1.82, 2.24) is 9.80 Å². The molecule has 0 bridgehead atoms. The highest BCUT2D eigenvalue weighted by molar-refractivity contribution is 5.83. The molecule has 5 heteroatoms. The van der Waals surface area contributed by atoms with Gasteiger partial charge in [-0.25, -0.2) is 4.79 Å². The molecule has 0 aromatic heterocycles. The van der Waals surface area contributed by atoms with Gasteiger partial charge < -0.3 is 19.9 Å². The fourth-order valence-corrected chi connectivity index (χ4v) is 3.74. The lowest BCUT2D eigenvalue weighted by Crippen LogP contribution is -2.43. The number of amides is 1. The molecule has 126 valence electrons. The molecule has 2 fully saturated rings. The minimum Gasteiger partial charge on any atom is -0.450 e. The Bertz CT molecular complexity index is 378. The molecule has 2 rings (SSSR count). The second-order valence-electron chi connectivity index (χ2n) is 6.46. The van der Waals surface area contributed by atoms with Crippen molar-refractivity contribution in [1.29, 1.82) is 5.41 Å². The topological polar surface area (TPSA) is 56.6 Å². The summed E-state index contributed by atoms with van der Waals surface area (Å²) in [6, 6.07) is 0.594. The zero-order chi connectivity index (χ0) is 15.9. The molecule has 22 heavy (non-hydrogen) atoms. The molecule has 0 unspecified atom stereocenters. The average molecular weight is 309 g/mol. The lowest BCUT2D eigenvalue weighted by molar-refractivity contribution is 0.105. The van der Waals surface area contributed by atoms with Crippen LogP contribution in [0.3, 0.4) is 0 Å². The Kier molecular flexibility index (Phi) is 6.68. The second-order valence-corrected chi connectivity index (χ2v) is 6.46. The van der Waals surface area contributed by atoms with E-state index in [0.29, 0.717) is 18.6 Å². The number of carbonyl (C=O) groups excluding carboxylic acids is 1. The van der Waals surface area contributed by atoms with E-state index in [1.807, 2.05) is 11.8 Å². The molecule has 0 saturated carbocycles. The summed E-state index contributed by atoms with van der Waals surface area (Å²) in [5.74, 6) is 0.503. The van der Waals surface area contributed by atoms with Crippen molar-refractivity contribution in [3.63, 3.8) is 0 Å². The van der Waals surface area contributed by atoms with Crippen LogP contribution in [0.5, 0.6) is 0 Å². The Morgan fingerprint density at radius 1 is 1.09 bits per heavy atom. The van der Waals surface area contributed by atoms with Crippen LogP contribution < -0.4 is 0 Å². The van der Waals surface area contributed by atoms with Gasteiger partial charge in [0, 0.05) is 24.8 Å². The van der Waals surface area contributed by atoms with Crippen LogP contribution in [-0.2, 0) is 4.74 Å². The Morgan fingerprint density at radius 3 is 2.45 bits per heavy atom. The second kappa shape index (κ2) is 8.51. The first-order chi connectivity index (χ1) is 10.7. The maximum Gasteiger partial charge on any atom is 0.409 e. The predicted molar refractivity (Wildman–Crippen MR) is 88.5 cm³/mol. The van der Waals surface area contributed by atoms with Crippen LogP contribution in [0.25, 0.3) is 0 Å². The Labute approximate surface area is 134 Å². The monoisotopic (exact) mass is 309 g/mol. The van der Waals surface area contributed by atoms with E-state index in [0.717, 1.165) is 64.0 Å². The van der Waals surface area contributed by atoms with Gasteiger partial charge in [-0.2, -0.15) is 0 Å². The Morgan fingerprint density at radius 2 is 1.82 bits per heavy atom. The molecular formula is C17H31N3O2. The number of ether oxygens (including phenoxy) is 1.